The van der Waals surface area contributed by atoms with Crippen LogP contribution in [0.5, 0.6) is 17.6 Å². The largest absolute Gasteiger partial charge is 0.475 e. The highest BCUT2D eigenvalue weighted by atomic mass is 19.1. The van der Waals surface area contributed by atoms with Crippen molar-refractivity contribution in [2.45, 2.75) is 102 Å². The van der Waals surface area contributed by atoms with Gasteiger partial charge in [0, 0.05) is 32.2 Å². The van der Waals surface area contributed by atoms with E-state index in [0.29, 0.717) is 48.4 Å². The average molecular weight is 759 g/mol. The zero-order chi connectivity index (χ0) is 38.2. The molecule has 292 valence electrons. The number of rotatable bonds is 8. The third kappa shape index (κ3) is 6.16. The number of carbonyl (C=O) groups is 1. The highest BCUT2D eigenvalue weighted by Crippen LogP contribution is 2.47. The van der Waals surface area contributed by atoms with Crippen molar-refractivity contribution in [1.29, 1.82) is 0 Å². The maximum atomic E-state index is 17.6. The van der Waals surface area contributed by atoms with Gasteiger partial charge in [-0.15, -0.1) is 0 Å². The maximum Gasteiger partial charge on any atom is 0.410 e. The monoisotopic (exact) mass is 758 g/mol. The predicted octanol–water partition coefficient (Wildman–Crippen LogP) is 6.83. The summed E-state index contributed by atoms with van der Waals surface area (Å²) >= 11 is 0. The molecule has 2 aromatic carbocycles. The van der Waals surface area contributed by atoms with Gasteiger partial charge in [-0.05, 0) is 87.9 Å². The zero-order valence-electron chi connectivity index (χ0n) is 32.1. The minimum atomic E-state index is -0.930. The number of hydrogen-bond donors (Lipinski definition) is 0. The number of aryl methyl sites for hydroxylation is 1. The van der Waals surface area contributed by atoms with E-state index in [0.717, 1.165) is 48.6 Å². The van der Waals surface area contributed by atoms with Gasteiger partial charge in [-0.3, -0.25) is 9.80 Å². The fourth-order valence-corrected chi connectivity index (χ4v) is 9.72. The van der Waals surface area contributed by atoms with Crippen LogP contribution in [0.3, 0.4) is 0 Å². The molecule has 14 heteroatoms. The second-order valence-corrected chi connectivity index (χ2v) is 16.6. The highest BCUT2D eigenvalue weighted by Gasteiger charge is 2.52. The Kier molecular flexibility index (Phi) is 8.91. The molecular weight excluding hydrogens is 710 g/mol. The Bertz CT molecular complexity index is 2170. The van der Waals surface area contributed by atoms with Crippen LogP contribution in [0.2, 0.25) is 0 Å². The molecule has 4 fully saturated rings. The molecular formula is C41H48F2N6O6. The standard InChI is InChI=1S/C41H48F2N6O6/c1-6-23-9-7-10-24-15-27(54-22-51-5)16-28(31(23)24)34-33(43)35-32-36(46-38(45-35)53-21-41-13-8-14-47(41)18-25(42)17-41)48-19-26-11-12-29(30(48)20-52-37(32)44-34)49(26)39(50)55-40(2,3)4/h7,9-10,15-16,25-26,29-30H,6,8,11-14,17-22H2,1-5H3/t25-,26-,29+,30+,41+/m1/s1. The average Bonchev–Trinajstić information content (AvgIpc) is 3.76. The molecule has 12 nitrogen and oxygen atoms in total. The molecule has 2 bridgehead atoms. The number of hydrogen-bond acceptors (Lipinski definition) is 11. The lowest BCUT2D eigenvalue weighted by Gasteiger charge is -2.46. The third-order valence-corrected chi connectivity index (χ3v) is 12.0. The number of anilines is 1. The summed E-state index contributed by atoms with van der Waals surface area (Å²) in [5.74, 6) is 0.495. The summed E-state index contributed by atoms with van der Waals surface area (Å²) in [6, 6.07) is 8.94. The highest BCUT2D eigenvalue weighted by molar-refractivity contribution is 6.03. The summed E-state index contributed by atoms with van der Waals surface area (Å²) in [5, 5.41) is 2.05. The number of nitrogens with zero attached hydrogens (tertiary/aromatic N) is 6. The van der Waals surface area contributed by atoms with Gasteiger partial charge in [0.15, 0.2) is 12.6 Å². The fourth-order valence-electron chi connectivity index (χ4n) is 9.72. The number of methoxy groups -OCH3 is 1. The van der Waals surface area contributed by atoms with E-state index in [4.69, 9.17) is 38.6 Å². The zero-order valence-corrected chi connectivity index (χ0v) is 32.1. The van der Waals surface area contributed by atoms with Crippen molar-refractivity contribution < 1.29 is 37.3 Å². The van der Waals surface area contributed by atoms with Crippen LogP contribution >= 0.6 is 0 Å². The molecule has 7 heterocycles. The van der Waals surface area contributed by atoms with Crippen LogP contribution in [0, 0.1) is 5.82 Å². The molecule has 1 amide bonds. The minimum absolute atomic E-state index is 0.00638. The fraction of sp³-hybridized carbons (Fsp3) is 0.561. The number of benzene rings is 2. The van der Waals surface area contributed by atoms with E-state index in [2.05, 4.69) is 16.7 Å². The van der Waals surface area contributed by atoms with Gasteiger partial charge < -0.3 is 28.6 Å². The summed E-state index contributed by atoms with van der Waals surface area (Å²) < 4.78 is 62.3. The van der Waals surface area contributed by atoms with Crippen molar-refractivity contribution in [2.75, 3.05) is 51.7 Å². The van der Waals surface area contributed by atoms with Gasteiger partial charge in [0.05, 0.1) is 23.7 Å². The Morgan fingerprint density at radius 1 is 1.07 bits per heavy atom. The van der Waals surface area contributed by atoms with Crippen LogP contribution in [0.15, 0.2) is 30.3 Å². The number of amides is 1. The molecule has 2 aromatic heterocycles. The van der Waals surface area contributed by atoms with Gasteiger partial charge in [-0.1, -0.05) is 25.1 Å². The summed E-state index contributed by atoms with van der Waals surface area (Å²) in [4.78, 5) is 34.4. The van der Waals surface area contributed by atoms with E-state index in [9.17, 15) is 9.18 Å². The van der Waals surface area contributed by atoms with Crippen LogP contribution in [0.1, 0.15) is 65.4 Å². The van der Waals surface area contributed by atoms with Crippen LogP contribution in [-0.2, 0) is 15.9 Å². The number of fused-ring (bicyclic) bond motifs is 7. The van der Waals surface area contributed by atoms with E-state index < -0.39 is 23.1 Å². The van der Waals surface area contributed by atoms with E-state index in [-0.39, 0.29) is 67.3 Å². The number of halogens is 2. The first kappa shape index (κ1) is 36.1. The van der Waals surface area contributed by atoms with Crippen molar-refractivity contribution in [2.24, 2.45) is 0 Å². The quantitative estimate of drug-likeness (QED) is 0.176. The van der Waals surface area contributed by atoms with E-state index in [1.54, 1.807) is 13.2 Å². The molecule has 0 spiro atoms. The molecule has 0 N–H and O–H groups in total. The van der Waals surface area contributed by atoms with Crippen LogP contribution < -0.4 is 19.1 Å². The number of piperazine rings is 1. The molecule has 0 saturated carbocycles. The summed E-state index contributed by atoms with van der Waals surface area (Å²) in [6.45, 7) is 9.64. The SMILES string of the molecule is CCc1cccc2cc(OCOC)cc(-c3nc4c5c(nc(OC[C@@]67CCCN6C[C@H](F)C7)nc5c3F)N3C[C@H]5CC[C@@H]([C@@H]3CO4)N5C(=O)OC(C)(C)C)c12. The number of alkyl halides is 1. The van der Waals surface area contributed by atoms with Gasteiger partial charge in [0.25, 0.3) is 0 Å². The van der Waals surface area contributed by atoms with Crippen LogP contribution in [0.4, 0.5) is 19.4 Å². The number of aromatic nitrogens is 3. The maximum absolute atomic E-state index is 17.6. The first-order chi connectivity index (χ1) is 26.5. The van der Waals surface area contributed by atoms with Crippen molar-refractivity contribution in [3.05, 3.63) is 41.7 Å². The summed E-state index contributed by atoms with van der Waals surface area (Å²) in [6.07, 6.45) is 3.08. The number of ether oxygens (including phenoxy) is 5. The first-order valence-corrected chi connectivity index (χ1v) is 19.5. The predicted molar refractivity (Wildman–Crippen MR) is 202 cm³/mol. The van der Waals surface area contributed by atoms with Crippen molar-refractivity contribution in [1.82, 2.24) is 24.8 Å². The van der Waals surface area contributed by atoms with Gasteiger partial charge in [-0.25, -0.2) is 18.6 Å². The lowest BCUT2D eigenvalue weighted by Crippen LogP contribution is -2.63. The van der Waals surface area contributed by atoms with Gasteiger partial charge in [0.2, 0.25) is 5.88 Å². The van der Waals surface area contributed by atoms with Crippen LogP contribution in [-0.4, -0.2) is 113 Å². The molecule has 0 radical (unpaired) electrons. The molecule has 4 aromatic rings. The minimum Gasteiger partial charge on any atom is -0.475 e. The smallest absolute Gasteiger partial charge is 0.410 e. The summed E-state index contributed by atoms with van der Waals surface area (Å²) in [7, 11) is 1.54. The van der Waals surface area contributed by atoms with E-state index in [1.807, 2.05) is 49.9 Å². The Balaban J connectivity index is 1.20. The summed E-state index contributed by atoms with van der Waals surface area (Å²) in [5.41, 5.74) is 0.506. The molecule has 55 heavy (non-hydrogen) atoms. The third-order valence-electron chi connectivity index (χ3n) is 12.0. The molecule has 9 rings (SSSR count). The first-order valence-electron chi connectivity index (χ1n) is 19.5. The van der Waals surface area contributed by atoms with Crippen molar-refractivity contribution >= 4 is 33.6 Å². The topological polar surface area (TPSA) is 112 Å². The van der Waals surface area contributed by atoms with Gasteiger partial charge in [0.1, 0.15) is 53.2 Å². The second kappa shape index (κ2) is 13.6. The molecule has 5 aliphatic heterocycles. The molecule has 5 aliphatic rings. The lowest BCUT2D eigenvalue weighted by atomic mass is 9.94. The number of pyridine rings is 1. The Morgan fingerprint density at radius 3 is 2.73 bits per heavy atom. The molecule has 5 atom stereocenters. The van der Waals surface area contributed by atoms with Gasteiger partial charge in [-0.2, -0.15) is 9.97 Å². The van der Waals surface area contributed by atoms with Crippen LogP contribution in [0.25, 0.3) is 32.9 Å². The van der Waals surface area contributed by atoms with E-state index in [1.165, 1.54) is 0 Å². The second-order valence-electron chi connectivity index (χ2n) is 16.6. The number of carbonyl (C=O) groups excluding carboxylic acids is 1. The van der Waals surface area contributed by atoms with Crippen molar-refractivity contribution in [3.8, 4) is 28.9 Å². The Morgan fingerprint density at radius 2 is 1.93 bits per heavy atom. The normalized spacial score (nSPS) is 25.9. The molecule has 0 unspecified atom stereocenters. The molecule has 4 saturated heterocycles. The van der Waals surface area contributed by atoms with Gasteiger partial charge >= 0.3 is 12.1 Å². The van der Waals surface area contributed by atoms with E-state index >= 15 is 4.39 Å². The Labute approximate surface area is 319 Å². The van der Waals surface area contributed by atoms with Crippen molar-refractivity contribution in [3.63, 3.8) is 0 Å². The lowest BCUT2D eigenvalue weighted by molar-refractivity contribution is 0.00537. The molecule has 0 aliphatic carbocycles. The Hall–Kier alpha value is -4.56.